The predicted molar refractivity (Wildman–Crippen MR) is 136 cm³/mol. The van der Waals surface area contributed by atoms with Crippen molar-refractivity contribution in [3.05, 3.63) is 29.8 Å². The number of benzene rings is 1. The minimum atomic E-state index is -0.720. The number of aliphatic imine (C=N–C) groups is 1. The Morgan fingerprint density at radius 3 is 2.58 bits per heavy atom. The number of nitrogens with zero attached hydrogens (tertiary/aromatic N) is 1. The summed E-state index contributed by atoms with van der Waals surface area (Å²) in [5, 5.41) is 19.8. The fourth-order valence-corrected chi connectivity index (χ4v) is 3.62. The third-order valence-corrected chi connectivity index (χ3v) is 5.07. The molecule has 1 aliphatic rings. The molecule has 2 rings (SSSR count). The van der Waals surface area contributed by atoms with E-state index in [1.54, 1.807) is 0 Å². The maximum absolute atomic E-state index is 12.0. The fourth-order valence-electron chi connectivity index (χ4n) is 3.62. The molecule has 0 spiro atoms. The van der Waals surface area contributed by atoms with Crippen molar-refractivity contribution in [3.8, 4) is 5.75 Å². The maximum Gasteiger partial charge on any atom is 0.220 e. The van der Waals surface area contributed by atoms with Gasteiger partial charge in [-0.15, -0.1) is 24.0 Å². The van der Waals surface area contributed by atoms with Gasteiger partial charge in [-0.2, -0.15) is 0 Å². The van der Waals surface area contributed by atoms with Crippen LogP contribution >= 0.6 is 24.0 Å². The average Bonchev–Trinajstić information content (AvgIpc) is 3.21. The Balaban J connectivity index is 0.00000480. The van der Waals surface area contributed by atoms with Gasteiger partial charge in [0.15, 0.2) is 5.96 Å². The number of guanidine groups is 1. The Hall–Kier alpha value is -1.55. The molecule has 0 saturated heterocycles. The number of hydrogen-bond acceptors (Lipinski definition) is 4. The molecule has 1 aromatic carbocycles. The highest BCUT2D eigenvalue weighted by Crippen LogP contribution is 2.27. The van der Waals surface area contributed by atoms with Crippen LogP contribution in [0.1, 0.15) is 64.5 Å². The van der Waals surface area contributed by atoms with Gasteiger partial charge >= 0.3 is 0 Å². The molecule has 0 heterocycles. The lowest BCUT2D eigenvalue weighted by atomic mass is 10.0. The first-order chi connectivity index (χ1) is 14.5. The van der Waals surface area contributed by atoms with Gasteiger partial charge in [-0.3, -0.25) is 9.79 Å². The molecule has 1 aromatic rings. The zero-order chi connectivity index (χ0) is 21.8. The summed E-state index contributed by atoms with van der Waals surface area (Å²) in [7, 11) is 0. The topological polar surface area (TPSA) is 95.0 Å². The standard InChI is InChI=1S/C23H38N4O3.HI/c1-4-24-23(26-13-12-25-22(29)14-18-8-5-6-9-18)27-16-21(28)19-10-7-11-20(15-19)30-17(2)3;/h7,10-11,15,17-18,21,28H,4-6,8-9,12-14,16H2,1-3H3,(H,25,29)(H2,24,26,27);1H. The molecule has 1 atom stereocenters. The summed E-state index contributed by atoms with van der Waals surface area (Å²) in [6.07, 6.45) is 4.86. The van der Waals surface area contributed by atoms with Crippen LogP contribution < -0.4 is 20.7 Å². The van der Waals surface area contributed by atoms with Crippen LogP contribution in [0.25, 0.3) is 0 Å². The molecule has 0 aliphatic heterocycles. The first-order valence-electron chi connectivity index (χ1n) is 11.2. The summed E-state index contributed by atoms with van der Waals surface area (Å²) in [6, 6.07) is 7.47. The number of hydrogen-bond donors (Lipinski definition) is 4. The van der Waals surface area contributed by atoms with Gasteiger partial charge in [0.05, 0.1) is 18.8 Å². The molecule has 0 radical (unpaired) electrons. The molecule has 1 aliphatic carbocycles. The van der Waals surface area contributed by atoms with Crippen molar-refractivity contribution in [3.63, 3.8) is 0 Å². The van der Waals surface area contributed by atoms with Crippen LogP contribution in [0.4, 0.5) is 0 Å². The predicted octanol–water partition coefficient (Wildman–Crippen LogP) is 3.38. The van der Waals surface area contributed by atoms with Gasteiger partial charge in [0, 0.05) is 26.1 Å². The Kier molecular flexibility index (Phi) is 13.6. The Bertz CT molecular complexity index is 679. The second-order valence-corrected chi connectivity index (χ2v) is 8.11. The number of halogens is 1. The Morgan fingerprint density at radius 2 is 1.90 bits per heavy atom. The number of aliphatic hydroxyl groups excluding tert-OH is 1. The van der Waals surface area contributed by atoms with Crippen LogP contribution in [0.2, 0.25) is 0 Å². The lowest BCUT2D eigenvalue weighted by Crippen LogP contribution is -2.41. The van der Waals surface area contributed by atoms with Crippen molar-refractivity contribution in [2.45, 2.75) is 65.1 Å². The fraction of sp³-hybridized carbons (Fsp3) is 0.652. The van der Waals surface area contributed by atoms with Crippen molar-refractivity contribution in [1.29, 1.82) is 0 Å². The minimum absolute atomic E-state index is 0. The smallest absolute Gasteiger partial charge is 0.220 e. The number of rotatable bonds is 11. The van der Waals surface area contributed by atoms with Gasteiger partial charge < -0.3 is 25.8 Å². The number of carbonyl (C=O) groups excluding carboxylic acids is 1. The number of carbonyl (C=O) groups is 1. The van der Waals surface area contributed by atoms with E-state index in [1.807, 2.05) is 45.0 Å². The highest BCUT2D eigenvalue weighted by Gasteiger charge is 2.18. The molecule has 4 N–H and O–H groups in total. The van der Waals surface area contributed by atoms with Crippen molar-refractivity contribution in [1.82, 2.24) is 16.0 Å². The molecule has 0 aromatic heterocycles. The van der Waals surface area contributed by atoms with Crippen LogP contribution in [-0.4, -0.2) is 49.3 Å². The molecule has 1 fully saturated rings. The average molecular weight is 546 g/mol. The van der Waals surface area contributed by atoms with Crippen molar-refractivity contribution in [2.75, 3.05) is 26.2 Å². The molecular formula is C23H39IN4O3. The van der Waals surface area contributed by atoms with E-state index in [9.17, 15) is 9.90 Å². The van der Waals surface area contributed by atoms with Crippen LogP contribution in [0, 0.1) is 5.92 Å². The van der Waals surface area contributed by atoms with Gasteiger partial charge in [0.1, 0.15) is 5.75 Å². The lowest BCUT2D eigenvalue weighted by Gasteiger charge is -2.15. The summed E-state index contributed by atoms with van der Waals surface area (Å²) in [6.45, 7) is 8.01. The lowest BCUT2D eigenvalue weighted by molar-refractivity contribution is -0.121. The van der Waals surface area contributed by atoms with Crippen LogP contribution in [0.15, 0.2) is 29.3 Å². The first kappa shape index (κ1) is 27.5. The van der Waals surface area contributed by atoms with Crippen molar-refractivity contribution < 1.29 is 14.6 Å². The van der Waals surface area contributed by atoms with E-state index >= 15 is 0 Å². The zero-order valence-electron chi connectivity index (χ0n) is 19.0. The number of amides is 1. The highest BCUT2D eigenvalue weighted by molar-refractivity contribution is 14.0. The third kappa shape index (κ3) is 11.0. The van der Waals surface area contributed by atoms with Crippen LogP contribution in [0.3, 0.4) is 0 Å². The number of aliphatic hydroxyl groups is 1. The molecule has 1 saturated carbocycles. The van der Waals surface area contributed by atoms with Gasteiger partial charge in [-0.1, -0.05) is 25.0 Å². The molecular weight excluding hydrogens is 507 g/mol. The summed E-state index contributed by atoms with van der Waals surface area (Å²) in [5.41, 5.74) is 0.770. The highest BCUT2D eigenvalue weighted by atomic mass is 127. The number of ether oxygens (including phenoxy) is 1. The molecule has 31 heavy (non-hydrogen) atoms. The van der Waals surface area contributed by atoms with E-state index < -0.39 is 6.10 Å². The SMILES string of the molecule is CCNC(=NCC(O)c1cccc(OC(C)C)c1)NCCNC(=O)CC1CCCC1.I. The summed E-state index contributed by atoms with van der Waals surface area (Å²) in [4.78, 5) is 16.5. The first-order valence-corrected chi connectivity index (χ1v) is 11.2. The third-order valence-electron chi connectivity index (χ3n) is 5.07. The van der Waals surface area contributed by atoms with E-state index in [0.29, 0.717) is 37.9 Å². The van der Waals surface area contributed by atoms with Crippen molar-refractivity contribution in [2.24, 2.45) is 10.9 Å². The van der Waals surface area contributed by atoms with E-state index in [4.69, 9.17) is 4.74 Å². The molecule has 0 bridgehead atoms. The largest absolute Gasteiger partial charge is 0.491 e. The molecule has 7 nitrogen and oxygen atoms in total. The van der Waals surface area contributed by atoms with Gasteiger partial charge in [0.25, 0.3) is 0 Å². The summed E-state index contributed by atoms with van der Waals surface area (Å²) < 4.78 is 5.69. The minimum Gasteiger partial charge on any atom is -0.491 e. The van der Waals surface area contributed by atoms with Gasteiger partial charge in [-0.25, -0.2) is 0 Å². The summed E-state index contributed by atoms with van der Waals surface area (Å²) in [5.74, 6) is 2.05. The molecule has 1 unspecified atom stereocenters. The van der Waals surface area contributed by atoms with Gasteiger partial charge in [0.2, 0.25) is 5.91 Å². The number of nitrogens with one attached hydrogen (secondary N) is 3. The second-order valence-electron chi connectivity index (χ2n) is 8.11. The molecule has 1 amide bonds. The Labute approximate surface area is 203 Å². The van der Waals surface area contributed by atoms with E-state index in [-0.39, 0.29) is 42.5 Å². The van der Waals surface area contributed by atoms with Gasteiger partial charge in [-0.05, 0) is 57.2 Å². The summed E-state index contributed by atoms with van der Waals surface area (Å²) >= 11 is 0. The van der Waals surface area contributed by atoms with Crippen LogP contribution in [0.5, 0.6) is 5.75 Å². The maximum atomic E-state index is 12.0. The zero-order valence-corrected chi connectivity index (χ0v) is 21.4. The molecule has 8 heteroatoms. The van der Waals surface area contributed by atoms with Crippen LogP contribution in [-0.2, 0) is 4.79 Å². The second kappa shape index (κ2) is 15.3. The van der Waals surface area contributed by atoms with E-state index in [0.717, 1.165) is 11.3 Å². The van der Waals surface area contributed by atoms with E-state index in [1.165, 1.54) is 25.7 Å². The van der Waals surface area contributed by atoms with E-state index in [2.05, 4.69) is 20.9 Å². The normalized spacial score (nSPS) is 15.3. The van der Waals surface area contributed by atoms with Crippen molar-refractivity contribution >= 4 is 35.8 Å². The quantitative estimate of drug-likeness (QED) is 0.148. The molecule has 176 valence electrons. The monoisotopic (exact) mass is 546 g/mol. The Morgan fingerprint density at radius 1 is 1.19 bits per heavy atom.